The Labute approximate surface area is 374 Å². The van der Waals surface area contributed by atoms with Crippen LogP contribution in [0.4, 0.5) is 0 Å². The van der Waals surface area contributed by atoms with Gasteiger partial charge in [0.25, 0.3) is 0 Å². The van der Waals surface area contributed by atoms with E-state index >= 15 is 0 Å². The first-order chi connectivity index (χ1) is 29.6. The zero-order chi connectivity index (χ0) is 43.5. The topological polar surface area (TPSA) is 72.8 Å². The molecule has 0 aliphatic carbocycles. The SMILES string of the molecule is CCCCCCC/C=C\C/C=C\CCCCCCCCCCCCCCCC(=O)OC(CO)COC(=O)CCCCCCCCCCC/C=C\CCCCCCCCCC. The molecule has 60 heavy (non-hydrogen) atoms. The first kappa shape index (κ1) is 58.1. The van der Waals surface area contributed by atoms with Crippen LogP contribution in [0, 0.1) is 0 Å². The van der Waals surface area contributed by atoms with E-state index in [1.165, 1.54) is 212 Å². The van der Waals surface area contributed by atoms with Crippen LogP contribution in [0.3, 0.4) is 0 Å². The van der Waals surface area contributed by atoms with Crippen LogP contribution in [0.1, 0.15) is 284 Å². The number of esters is 2. The Kier molecular flexibility index (Phi) is 49.9. The fourth-order valence-electron chi connectivity index (χ4n) is 7.88. The number of ether oxygens (including phenoxy) is 2. The molecular formula is C55H102O5. The van der Waals surface area contributed by atoms with Gasteiger partial charge >= 0.3 is 11.9 Å². The summed E-state index contributed by atoms with van der Waals surface area (Å²) in [5.74, 6) is -0.581. The summed E-state index contributed by atoms with van der Waals surface area (Å²) in [5.41, 5.74) is 0. The Balaban J connectivity index is 3.47. The van der Waals surface area contributed by atoms with E-state index < -0.39 is 6.10 Å². The number of carbonyl (C=O) groups excluding carboxylic acids is 2. The molecule has 1 atom stereocenters. The van der Waals surface area contributed by atoms with E-state index in [2.05, 4.69) is 50.3 Å². The molecule has 0 aromatic rings. The van der Waals surface area contributed by atoms with Gasteiger partial charge in [0.15, 0.2) is 6.10 Å². The quantitative estimate of drug-likeness (QED) is 0.0375. The van der Waals surface area contributed by atoms with Gasteiger partial charge in [-0.1, -0.05) is 237 Å². The van der Waals surface area contributed by atoms with Crippen molar-refractivity contribution in [1.29, 1.82) is 0 Å². The Morgan fingerprint density at radius 1 is 0.383 bits per heavy atom. The highest BCUT2D eigenvalue weighted by atomic mass is 16.6. The zero-order valence-electron chi connectivity index (χ0n) is 40.2. The summed E-state index contributed by atoms with van der Waals surface area (Å²) in [5, 5.41) is 9.63. The maximum Gasteiger partial charge on any atom is 0.306 e. The predicted octanol–water partition coefficient (Wildman–Crippen LogP) is 17.5. The van der Waals surface area contributed by atoms with Gasteiger partial charge in [0.2, 0.25) is 0 Å². The summed E-state index contributed by atoms with van der Waals surface area (Å²) in [7, 11) is 0. The third-order valence-corrected chi connectivity index (χ3v) is 11.9. The fraction of sp³-hybridized carbons (Fsp3) is 0.855. The van der Waals surface area contributed by atoms with Crippen LogP contribution >= 0.6 is 0 Å². The molecule has 0 aliphatic rings. The molecule has 0 rings (SSSR count). The van der Waals surface area contributed by atoms with E-state index in [0.29, 0.717) is 12.8 Å². The van der Waals surface area contributed by atoms with Gasteiger partial charge in [-0.15, -0.1) is 0 Å². The Hall–Kier alpha value is -1.88. The van der Waals surface area contributed by atoms with Crippen molar-refractivity contribution in [3.63, 3.8) is 0 Å². The van der Waals surface area contributed by atoms with E-state index in [9.17, 15) is 14.7 Å². The van der Waals surface area contributed by atoms with Gasteiger partial charge < -0.3 is 14.6 Å². The number of hydrogen-bond donors (Lipinski definition) is 1. The van der Waals surface area contributed by atoms with Gasteiger partial charge in [-0.3, -0.25) is 9.59 Å². The van der Waals surface area contributed by atoms with Crippen molar-refractivity contribution in [2.75, 3.05) is 13.2 Å². The van der Waals surface area contributed by atoms with Crippen LogP contribution in [0.25, 0.3) is 0 Å². The smallest absolute Gasteiger partial charge is 0.306 e. The molecule has 352 valence electrons. The number of hydrogen-bond acceptors (Lipinski definition) is 5. The molecule has 0 aromatic heterocycles. The van der Waals surface area contributed by atoms with Crippen LogP contribution in [0.2, 0.25) is 0 Å². The highest BCUT2D eigenvalue weighted by Crippen LogP contribution is 2.16. The molecule has 0 spiro atoms. The maximum absolute atomic E-state index is 12.3. The fourth-order valence-corrected chi connectivity index (χ4v) is 7.88. The van der Waals surface area contributed by atoms with Crippen LogP contribution in [-0.2, 0) is 19.1 Å². The lowest BCUT2D eigenvalue weighted by Gasteiger charge is -2.15. The molecule has 0 aromatic carbocycles. The highest BCUT2D eigenvalue weighted by Gasteiger charge is 2.16. The minimum absolute atomic E-state index is 0.0641. The van der Waals surface area contributed by atoms with Crippen molar-refractivity contribution in [1.82, 2.24) is 0 Å². The van der Waals surface area contributed by atoms with Crippen molar-refractivity contribution in [2.24, 2.45) is 0 Å². The van der Waals surface area contributed by atoms with Crippen LogP contribution < -0.4 is 0 Å². The standard InChI is InChI=1S/C55H102O5/c1-3-5-7-9-11-13-15-17-19-21-23-25-26-27-28-30-32-34-36-38-40-42-44-46-48-50-55(58)60-53(51-56)52-59-54(57)49-47-45-43-41-39-37-35-33-31-29-24-22-20-18-16-14-12-10-8-6-4-2/h15,17,21-24,53,56H,3-14,16,18-20,25-52H2,1-2H3/b17-15-,23-21-,24-22-. The number of aliphatic hydroxyl groups excluding tert-OH is 1. The summed E-state index contributed by atoms with van der Waals surface area (Å²) < 4.78 is 10.7. The largest absolute Gasteiger partial charge is 0.462 e. The summed E-state index contributed by atoms with van der Waals surface area (Å²) in [6.07, 6.45) is 65.3. The van der Waals surface area contributed by atoms with Crippen molar-refractivity contribution < 1.29 is 24.2 Å². The zero-order valence-corrected chi connectivity index (χ0v) is 40.2. The summed E-state index contributed by atoms with van der Waals surface area (Å²) in [6.45, 7) is 4.16. The van der Waals surface area contributed by atoms with Crippen molar-refractivity contribution in [3.05, 3.63) is 36.5 Å². The Bertz CT molecular complexity index is 955. The first-order valence-corrected chi connectivity index (χ1v) is 26.5. The van der Waals surface area contributed by atoms with E-state index in [1.54, 1.807) is 0 Å². The number of aliphatic hydroxyl groups is 1. The lowest BCUT2D eigenvalue weighted by atomic mass is 10.0. The summed E-state index contributed by atoms with van der Waals surface area (Å²) in [6, 6.07) is 0. The Morgan fingerprint density at radius 2 is 0.667 bits per heavy atom. The third-order valence-electron chi connectivity index (χ3n) is 11.9. The summed E-state index contributed by atoms with van der Waals surface area (Å²) in [4.78, 5) is 24.5. The van der Waals surface area contributed by atoms with Crippen molar-refractivity contribution >= 4 is 11.9 Å². The molecular weight excluding hydrogens is 741 g/mol. The van der Waals surface area contributed by atoms with Crippen LogP contribution in [0.5, 0.6) is 0 Å². The predicted molar refractivity (Wildman–Crippen MR) is 261 cm³/mol. The van der Waals surface area contributed by atoms with Crippen LogP contribution in [0.15, 0.2) is 36.5 Å². The van der Waals surface area contributed by atoms with Gasteiger partial charge in [0.1, 0.15) is 6.61 Å². The number of rotatable bonds is 49. The Morgan fingerprint density at radius 3 is 1.00 bits per heavy atom. The molecule has 5 nitrogen and oxygen atoms in total. The highest BCUT2D eigenvalue weighted by molar-refractivity contribution is 5.70. The number of allylic oxidation sites excluding steroid dienone is 6. The van der Waals surface area contributed by atoms with E-state index in [-0.39, 0.29) is 25.2 Å². The number of unbranched alkanes of at least 4 members (excludes halogenated alkanes) is 35. The molecule has 0 bridgehead atoms. The molecule has 0 saturated carbocycles. The summed E-state index contributed by atoms with van der Waals surface area (Å²) >= 11 is 0. The van der Waals surface area contributed by atoms with Gasteiger partial charge in [-0.05, 0) is 70.6 Å². The molecule has 0 saturated heterocycles. The second-order valence-corrected chi connectivity index (χ2v) is 17.9. The van der Waals surface area contributed by atoms with E-state index in [4.69, 9.17) is 9.47 Å². The number of carbonyl (C=O) groups is 2. The lowest BCUT2D eigenvalue weighted by Crippen LogP contribution is -2.28. The molecule has 0 fully saturated rings. The van der Waals surface area contributed by atoms with E-state index in [0.717, 1.165) is 44.9 Å². The molecule has 0 amide bonds. The second kappa shape index (κ2) is 51.5. The average Bonchev–Trinajstić information content (AvgIpc) is 3.25. The minimum Gasteiger partial charge on any atom is -0.462 e. The first-order valence-electron chi connectivity index (χ1n) is 26.5. The van der Waals surface area contributed by atoms with Crippen LogP contribution in [-0.4, -0.2) is 36.4 Å². The monoisotopic (exact) mass is 843 g/mol. The van der Waals surface area contributed by atoms with Gasteiger partial charge in [0.05, 0.1) is 6.61 Å². The van der Waals surface area contributed by atoms with Gasteiger partial charge in [-0.2, -0.15) is 0 Å². The third kappa shape index (κ3) is 48.8. The molecule has 0 radical (unpaired) electrons. The normalized spacial score (nSPS) is 12.4. The molecule has 1 N–H and O–H groups in total. The van der Waals surface area contributed by atoms with Gasteiger partial charge in [-0.25, -0.2) is 0 Å². The van der Waals surface area contributed by atoms with Crippen molar-refractivity contribution in [2.45, 2.75) is 290 Å². The average molecular weight is 843 g/mol. The van der Waals surface area contributed by atoms with Gasteiger partial charge in [0, 0.05) is 12.8 Å². The molecule has 0 heterocycles. The molecule has 1 unspecified atom stereocenters. The second-order valence-electron chi connectivity index (χ2n) is 17.9. The van der Waals surface area contributed by atoms with Crippen molar-refractivity contribution in [3.8, 4) is 0 Å². The lowest BCUT2D eigenvalue weighted by molar-refractivity contribution is -0.161. The maximum atomic E-state index is 12.3. The van der Waals surface area contributed by atoms with E-state index in [1.807, 2.05) is 0 Å². The molecule has 0 aliphatic heterocycles. The molecule has 5 heteroatoms. The minimum atomic E-state index is -0.772.